The van der Waals surface area contributed by atoms with Gasteiger partial charge < -0.3 is 15.5 Å². The molecule has 1 aliphatic heterocycles. The number of nitrogens with zero attached hydrogens (tertiary/aromatic N) is 3. The van der Waals surface area contributed by atoms with Gasteiger partial charge in [0.1, 0.15) is 5.01 Å². The molecule has 1 atom stereocenters. The Balaban J connectivity index is 1.42. The predicted molar refractivity (Wildman–Crippen MR) is 127 cm³/mol. The molecular formula is C23H25N5O2S2. The summed E-state index contributed by atoms with van der Waals surface area (Å²) in [6, 6.07) is 15.1. The molecule has 0 bridgehead atoms. The molecule has 2 aromatic carbocycles. The van der Waals surface area contributed by atoms with E-state index in [0.29, 0.717) is 13.0 Å². The van der Waals surface area contributed by atoms with E-state index >= 15 is 0 Å². The number of carbonyl (C=O) groups excluding carboxylic acids is 2. The van der Waals surface area contributed by atoms with Crippen molar-refractivity contribution in [3.05, 3.63) is 64.7 Å². The second-order valence-electron chi connectivity index (χ2n) is 7.67. The van der Waals surface area contributed by atoms with E-state index in [1.807, 2.05) is 67.3 Å². The minimum Gasteiger partial charge on any atom is -0.340 e. The van der Waals surface area contributed by atoms with Crippen molar-refractivity contribution in [2.24, 2.45) is 0 Å². The van der Waals surface area contributed by atoms with Crippen LogP contribution in [0, 0.1) is 13.8 Å². The average Bonchev–Trinajstić information content (AvgIpc) is 3.37. The molecule has 2 N–H and O–H groups in total. The van der Waals surface area contributed by atoms with Gasteiger partial charge in [-0.05, 0) is 49.6 Å². The molecule has 7 nitrogen and oxygen atoms in total. The molecule has 1 aliphatic rings. The molecule has 0 aliphatic carbocycles. The van der Waals surface area contributed by atoms with Crippen LogP contribution in [0.1, 0.15) is 35.0 Å². The van der Waals surface area contributed by atoms with Crippen LogP contribution in [-0.2, 0) is 4.79 Å². The molecule has 4 rings (SSSR count). The fourth-order valence-corrected chi connectivity index (χ4v) is 5.50. The van der Waals surface area contributed by atoms with E-state index in [9.17, 15) is 9.59 Å². The molecule has 3 amide bonds. The van der Waals surface area contributed by atoms with E-state index in [0.717, 1.165) is 44.0 Å². The number of nitrogens with one attached hydrogen (secondary N) is 2. The van der Waals surface area contributed by atoms with Gasteiger partial charge in [0.05, 0.1) is 6.04 Å². The summed E-state index contributed by atoms with van der Waals surface area (Å²) in [6.45, 7) is 5.09. The van der Waals surface area contributed by atoms with Gasteiger partial charge in [-0.25, -0.2) is 4.79 Å². The smallest absolute Gasteiger partial charge is 0.319 e. The number of hydrogen-bond acceptors (Lipinski definition) is 6. The third-order valence-corrected chi connectivity index (χ3v) is 7.12. The first-order valence-electron chi connectivity index (χ1n) is 10.5. The zero-order valence-corrected chi connectivity index (χ0v) is 19.6. The molecule has 9 heteroatoms. The lowest BCUT2D eigenvalue weighted by atomic mass is 10.1. The van der Waals surface area contributed by atoms with Crippen LogP contribution in [0.25, 0.3) is 0 Å². The zero-order valence-electron chi connectivity index (χ0n) is 18.0. The quantitative estimate of drug-likeness (QED) is 0.522. The Labute approximate surface area is 195 Å². The molecule has 2 heterocycles. The van der Waals surface area contributed by atoms with E-state index in [1.165, 1.54) is 0 Å². The third-order valence-electron chi connectivity index (χ3n) is 5.24. The number of urea groups is 1. The van der Waals surface area contributed by atoms with Crippen LogP contribution in [0.5, 0.6) is 0 Å². The molecular weight excluding hydrogens is 442 g/mol. The van der Waals surface area contributed by atoms with E-state index in [2.05, 4.69) is 20.8 Å². The van der Waals surface area contributed by atoms with Crippen LogP contribution in [-0.4, -0.2) is 40.1 Å². The summed E-state index contributed by atoms with van der Waals surface area (Å²) >= 11 is 3.11. The maximum absolute atomic E-state index is 12.8. The molecule has 0 spiro atoms. The molecule has 32 heavy (non-hydrogen) atoms. The summed E-state index contributed by atoms with van der Waals surface area (Å²) < 4.78 is 0.891. The number of benzene rings is 2. The topological polar surface area (TPSA) is 87.2 Å². The van der Waals surface area contributed by atoms with Gasteiger partial charge in [0.2, 0.25) is 5.91 Å². The SMILES string of the molecule is Cc1nnc(Sc2ccc(NC(=O)N[C@@H](CN3CCCC3=O)c3ccccc3)c(C)c2)s1. The van der Waals surface area contributed by atoms with Crippen molar-refractivity contribution >= 4 is 40.7 Å². The van der Waals surface area contributed by atoms with Crippen LogP contribution in [0.4, 0.5) is 10.5 Å². The van der Waals surface area contributed by atoms with Gasteiger partial charge in [-0.1, -0.05) is 53.4 Å². The van der Waals surface area contributed by atoms with E-state index in [1.54, 1.807) is 23.1 Å². The fourth-order valence-electron chi connectivity index (χ4n) is 3.61. The molecule has 0 radical (unpaired) electrons. The van der Waals surface area contributed by atoms with Gasteiger partial charge in [0.15, 0.2) is 4.34 Å². The van der Waals surface area contributed by atoms with Crippen LogP contribution < -0.4 is 10.6 Å². The predicted octanol–water partition coefficient (Wildman–Crippen LogP) is 4.79. The summed E-state index contributed by atoms with van der Waals surface area (Å²) in [6.07, 6.45) is 1.45. The van der Waals surface area contributed by atoms with Crippen molar-refractivity contribution in [3.63, 3.8) is 0 Å². The maximum Gasteiger partial charge on any atom is 0.319 e. The highest BCUT2D eigenvalue weighted by molar-refractivity contribution is 8.01. The van der Waals surface area contributed by atoms with Crippen LogP contribution in [0.15, 0.2) is 57.8 Å². The van der Waals surface area contributed by atoms with Crippen molar-refractivity contribution in [2.45, 2.75) is 42.0 Å². The van der Waals surface area contributed by atoms with Crippen molar-refractivity contribution < 1.29 is 9.59 Å². The lowest BCUT2D eigenvalue weighted by Gasteiger charge is -2.25. The van der Waals surface area contributed by atoms with Crippen molar-refractivity contribution in [2.75, 3.05) is 18.4 Å². The van der Waals surface area contributed by atoms with E-state index in [4.69, 9.17) is 0 Å². The third kappa shape index (κ3) is 5.66. The highest BCUT2D eigenvalue weighted by atomic mass is 32.2. The molecule has 1 aromatic heterocycles. The number of amides is 3. The fraction of sp³-hybridized carbons (Fsp3) is 0.304. The number of aryl methyl sites for hydroxylation is 2. The Morgan fingerprint density at radius 1 is 1.19 bits per heavy atom. The average molecular weight is 468 g/mol. The molecule has 166 valence electrons. The Morgan fingerprint density at radius 3 is 2.66 bits per heavy atom. The van der Waals surface area contributed by atoms with E-state index in [-0.39, 0.29) is 18.0 Å². The lowest BCUT2D eigenvalue weighted by molar-refractivity contribution is -0.128. The Bertz CT molecular complexity index is 1100. The van der Waals surface area contributed by atoms with Gasteiger partial charge in [-0.15, -0.1) is 10.2 Å². The molecule has 1 saturated heterocycles. The highest BCUT2D eigenvalue weighted by Gasteiger charge is 2.25. The number of anilines is 1. The summed E-state index contributed by atoms with van der Waals surface area (Å²) in [7, 11) is 0. The zero-order chi connectivity index (χ0) is 22.5. The minimum atomic E-state index is -0.297. The van der Waals surface area contributed by atoms with Crippen LogP contribution in [0.2, 0.25) is 0 Å². The minimum absolute atomic E-state index is 0.141. The lowest BCUT2D eigenvalue weighted by Crippen LogP contribution is -2.40. The second kappa shape index (κ2) is 10.1. The van der Waals surface area contributed by atoms with Crippen molar-refractivity contribution in [3.8, 4) is 0 Å². The van der Waals surface area contributed by atoms with Gasteiger partial charge in [0.25, 0.3) is 0 Å². The van der Waals surface area contributed by atoms with E-state index < -0.39 is 0 Å². The maximum atomic E-state index is 12.8. The number of likely N-dealkylation sites (tertiary alicyclic amines) is 1. The molecule has 1 fully saturated rings. The molecule has 0 unspecified atom stereocenters. The number of rotatable bonds is 7. The normalized spacial score (nSPS) is 14.4. The Kier molecular flexibility index (Phi) is 7.06. The van der Waals surface area contributed by atoms with Crippen LogP contribution in [0.3, 0.4) is 0 Å². The molecule has 3 aromatic rings. The van der Waals surface area contributed by atoms with Gasteiger partial charge in [0, 0.05) is 30.1 Å². The number of carbonyl (C=O) groups is 2. The van der Waals surface area contributed by atoms with Gasteiger partial charge in [-0.2, -0.15) is 0 Å². The monoisotopic (exact) mass is 467 g/mol. The number of aromatic nitrogens is 2. The second-order valence-corrected chi connectivity index (χ2v) is 10.2. The Hall–Kier alpha value is -2.91. The highest BCUT2D eigenvalue weighted by Crippen LogP contribution is 2.32. The number of hydrogen-bond donors (Lipinski definition) is 2. The Morgan fingerprint density at radius 2 is 2.00 bits per heavy atom. The summed E-state index contributed by atoms with van der Waals surface area (Å²) in [5, 5.41) is 15.1. The van der Waals surface area contributed by atoms with Gasteiger partial charge in [-0.3, -0.25) is 4.79 Å². The first kappa shape index (κ1) is 22.3. The van der Waals surface area contributed by atoms with Crippen molar-refractivity contribution in [1.82, 2.24) is 20.4 Å². The standard InChI is InChI=1S/C23H25N5O2S2/c1-15-13-18(32-23-27-26-16(2)31-23)10-11-19(15)24-22(30)25-20(17-7-4-3-5-8-17)14-28-12-6-9-21(28)29/h3-5,7-8,10-11,13,20H,6,9,12,14H2,1-2H3,(H2,24,25,30)/t20-/m0/s1. The first-order valence-corrected chi connectivity index (χ1v) is 12.1. The molecule has 0 saturated carbocycles. The summed E-state index contributed by atoms with van der Waals surface area (Å²) in [5.74, 6) is 0.141. The summed E-state index contributed by atoms with van der Waals surface area (Å²) in [5.41, 5.74) is 2.67. The summed E-state index contributed by atoms with van der Waals surface area (Å²) in [4.78, 5) is 27.8. The van der Waals surface area contributed by atoms with Crippen molar-refractivity contribution in [1.29, 1.82) is 0 Å². The van der Waals surface area contributed by atoms with Gasteiger partial charge >= 0.3 is 6.03 Å². The first-order chi connectivity index (χ1) is 15.5. The van der Waals surface area contributed by atoms with Crippen LogP contribution >= 0.6 is 23.1 Å². The largest absolute Gasteiger partial charge is 0.340 e.